The van der Waals surface area contributed by atoms with Crippen LogP contribution in [0.4, 0.5) is 4.79 Å². The number of amides is 3. The van der Waals surface area contributed by atoms with Crippen LogP contribution in [-0.4, -0.2) is 38.5 Å². The molecule has 30 heavy (non-hydrogen) atoms. The zero-order valence-electron chi connectivity index (χ0n) is 16.1. The number of urea groups is 1. The number of hydrogen-bond donors (Lipinski definition) is 3. The number of thiophene rings is 1. The molecule has 0 radical (unpaired) electrons. The fraction of sp³-hybridized carbons (Fsp3) is 0.316. The van der Waals surface area contributed by atoms with Crippen molar-refractivity contribution in [2.75, 3.05) is 0 Å². The molecule has 1 aromatic heterocycles. The van der Waals surface area contributed by atoms with Crippen LogP contribution in [-0.2, 0) is 26.1 Å². The summed E-state index contributed by atoms with van der Waals surface area (Å²) in [5.74, 6) is -1.65. The molecule has 0 spiro atoms. The van der Waals surface area contributed by atoms with Crippen LogP contribution in [0.5, 0.6) is 0 Å². The molecular formula is C19H21N3O6S2. The number of carbonyl (C=O) groups is 3. The zero-order valence-corrected chi connectivity index (χ0v) is 17.7. The van der Waals surface area contributed by atoms with Gasteiger partial charge in [-0.05, 0) is 49.4 Å². The van der Waals surface area contributed by atoms with Crippen molar-refractivity contribution in [1.82, 2.24) is 15.4 Å². The Balaban J connectivity index is 1.59. The van der Waals surface area contributed by atoms with Crippen molar-refractivity contribution < 1.29 is 27.5 Å². The topological polar surface area (TPSA) is 131 Å². The summed E-state index contributed by atoms with van der Waals surface area (Å²) in [4.78, 5) is 36.7. The second-order valence-electron chi connectivity index (χ2n) is 6.72. The van der Waals surface area contributed by atoms with Crippen LogP contribution < -0.4 is 15.4 Å². The largest absolute Gasteiger partial charge is 0.449 e. The molecule has 3 rings (SSSR count). The van der Waals surface area contributed by atoms with Crippen LogP contribution in [0.2, 0.25) is 0 Å². The molecule has 160 valence electrons. The Kier molecular flexibility index (Phi) is 6.85. The van der Waals surface area contributed by atoms with E-state index in [1.54, 1.807) is 6.07 Å². The van der Waals surface area contributed by atoms with Gasteiger partial charge < -0.3 is 10.1 Å². The highest BCUT2D eigenvalue weighted by atomic mass is 32.2. The van der Waals surface area contributed by atoms with Gasteiger partial charge in [0.05, 0.1) is 10.5 Å². The summed E-state index contributed by atoms with van der Waals surface area (Å²) in [7, 11) is -3.84. The van der Waals surface area contributed by atoms with E-state index >= 15 is 0 Å². The predicted molar refractivity (Wildman–Crippen MR) is 109 cm³/mol. The highest BCUT2D eigenvalue weighted by Crippen LogP contribution is 2.18. The number of hydrogen-bond acceptors (Lipinski definition) is 7. The maximum absolute atomic E-state index is 12.5. The van der Waals surface area contributed by atoms with Crippen molar-refractivity contribution in [2.24, 2.45) is 0 Å². The normalized spacial score (nSPS) is 14.6. The molecule has 1 saturated carbocycles. The van der Waals surface area contributed by atoms with Crippen LogP contribution in [0.1, 0.15) is 35.0 Å². The molecule has 1 fully saturated rings. The number of benzene rings is 1. The predicted octanol–water partition coefficient (Wildman–Crippen LogP) is 1.76. The molecule has 0 aliphatic heterocycles. The third-order valence-electron chi connectivity index (χ3n) is 4.20. The lowest BCUT2D eigenvalue weighted by atomic mass is 10.2. The molecule has 1 heterocycles. The van der Waals surface area contributed by atoms with Crippen LogP contribution >= 0.6 is 11.3 Å². The lowest BCUT2D eigenvalue weighted by Gasteiger charge is -2.14. The molecule has 1 aliphatic carbocycles. The van der Waals surface area contributed by atoms with Gasteiger partial charge in [0.15, 0.2) is 6.10 Å². The van der Waals surface area contributed by atoms with Gasteiger partial charge in [-0.2, -0.15) is 0 Å². The lowest BCUT2D eigenvalue weighted by molar-refractivity contribution is -0.127. The first-order valence-corrected chi connectivity index (χ1v) is 11.6. The van der Waals surface area contributed by atoms with E-state index in [9.17, 15) is 22.8 Å². The summed E-state index contributed by atoms with van der Waals surface area (Å²) in [6.45, 7) is 1.45. The third kappa shape index (κ3) is 6.12. The Bertz CT molecular complexity index is 1030. The number of carbonyl (C=O) groups excluding carboxylic acids is 3. The van der Waals surface area contributed by atoms with Gasteiger partial charge in [0.25, 0.3) is 5.91 Å². The molecule has 0 bridgehead atoms. The molecule has 1 aliphatic rings. The maximum atomic E-state index is 12.5. The first-order chi connectivity index (χ1) is 14.2. The van der Waals surface area contributed by atoms with E-state index in [1.165, 1.54) is 42.5 Å². The first kappa shape index (κ1) is 21.9. The van der Waals surface area contributed by atoms with Crippen molar-refractivity contribution in [1.29, 1.82) is 0 Å². The lowest BCUT2D eigenvalue weighted by Crippen LogP contribution is -2.45. The number of esters is 1. The van der Waals surface area contributed by atoms with Crippen molar-refractivity contribution in [3.8, 4) is 0 Å². The number of imide groups is 1. The number of ether oxygens (including phenoxy) is 1. The monoisotopic (exact) mass is 451 g/mol. The highest BCUT2D eigenvalue weighted by Gasteiger charge is 2.26. The minimum Gasteiger partial charge on any atom is -0.449 e. The highest BCUT2D eigenvalue weighted by molar-refractivity contribution is 7.89. The second-order valence-corrected chi connectivity index (χ2v) is 9.52. The SMILES string of the molecule is CC(OC(=O)c1cccc(S(=O)(=O)NCc2cccs2)c1)C(=O)NC(=O)NC1CC1. The van der Waals surface area contributed by atoms with Crippen LogP contribution in [0.15, 0.2) is 46.7 Å². The quantitative estimate of drug-likeness (QED) is 0.524. The molecule has 11 heteroatoms. The molecule has 0 saturated heterocycles. The van der Waals surface area contributed by atoms with Gasteiger partial charge in [-0.1, -0.05) is 12.1 Å². The summed E-state index contributed by atoms with van der Waals surface area (Å²) in [5.41, 5.74) is -0.0314. The Morgan fingerprint density at radius 3 is 2.63 bits per heavy atom. The smallest absolute Gasteiger partial charge is 0.338 e. The van der Waals surface area contributed by atoms with Crippen LogP contribution in [0.25, 0.3) is 0 Å². The van der Waals surface area contributed by atoms with E-state index in [4.69, 9.17) is 4.74 Å². The Morgan fingerprint density at radius 1 is 1.20 bits per heavy atom. The second kappa shape index (κ2) is 9.37. The molecular weight excluding hydrogens is 430 g/mol. The van der Waals surface area contributed by atoms with E-state index in [0.717, 1.165) is 17.7 Å². The Hall–Kier alpha value is -2.76. The van der Waals surface area contributed by atoms with Gasteiger partial charge in [0.2, 0.25) is 10.0 Å². The molecule has 1 atom stereocenters. The maximum Gasteiger partial charge on any atom is 0.338 e. The van der Waals surface area contributed by atoms with E-state index in [-0.39, 0.29) is 23.0 Å². The van der Waals surface area contributed by atoms with Gasteiger partial charge >= 0.3 is 12.0 Å². The fourth-order valence-electron chi connectivity index (χ4n) is 2.40. The molecule has 3 N–H and O–H groups in total. The average Bonchev–Trinajstić information content (AvgIpc) is 3.36. The standard InChI is InChI=1S/C19H21N3O6S2/c1-12(17(23)22-19(25)21-14-7-8-14)28-18(24)13-4-2-6-16(10-13)30(26,27)20-11-15-5-3-9-29-15/h2-6,9-10,12,14,20H,7-8,11H2,1H3,(H2,21,22,23,25). The molecule has 2 aromatic rings. The number of sulfonamides is 1. The first-order valence-electron chi connectivity index (χ1n) is 9.19. The Labute approximate surface area is 177 Å². The minimum absolute atomic E-state index is 0.0314. The molecule has 1 unspecified atom stereocenters. The number of nitrogens with one attached hydrogen (secondary N) is 3. The fourth-order valence-corrected chi connectivity index (χ4v) is 4.19. The van der Waals surface area contributed by atoms with Crippen molar-refractivity contribution in [3.63, 3.8) is 0 Å². The summed E-state index contributed by atoms with van der Waals surface area (Å²) in [6.07, 6.45) is 0.501. The Morgan fingerprint density at radius 2 is 1.97 bits per heavy atom. The average molecular weight is 452 g/mol. The molecule has 9 nitrogen and oxygen atoms in total. The van der Waals surface area contributed by atoms with Gasteiger partial charge in [0, 0.05) is 17.5 Å². The summed E-state index contributed by atoms with van der Waals surface area (Å²) < 4.78 is 32.5. The van der Waals surface area contributed by atoms with E-state index in [1.807, 2.05) is 11.4 Å². The van der Waals surface area contributed by atoms with Gasteiger partial charge in [-0.15, -0.1) is 11.3 Å². The van der Waals surface area contributed by atoms with Gasteiger partial charge in [-0.3, -0.25) is 10.1 Å². The summed E-state index contributed by atoms with van der Waals surface area (Å²) in [5, 5.41) is 6.53. The van der Waals surface area contributed by atoms with Gasteiger partial charge in [0.1, 0.15) is 0 Å². The van der Waals surface area contributed by atoms with E-state index in [0.29, 0.717) is 0 Å². The van der Waals surface area contributed by atoms with E-state index < -0.39 is 34.0 Å². The minimum atomic E-state index is -3.84. The van der Waals surface area contributed by atoms with Crippen LogP contribution in [0.3, 0.4) is 0 Å². The third-order valence-corrected chi connectivity index (χ3v) is 6.47. The summed E-state index contributed by atoms with van der Waals surface area (Å²) >= 11 is 1.42. The van der Waals surface area contributed by atoms with Gasteiger partial charge in [-0.25, -0.2) is 22.7 Å². The van der Waals surface area contributed by atoms with Crippen LogP contribution in [0, 0.1) is 0 Å². The van der Waals surface area contributed by atoms with E-state index in [2.05, 4.69) is 15.4 Å². The van der Waals surface area contributed by atoms with Crippen molar-refractivity contribution >= 4 is 39.3 Å². The van der Waals surface area contributed by atoms with Crippen molar-refractivity contribution in [2.45, 2.75) is 43.4 Å². The summed E-state index contributed by atoms with van der Waals surface area (Å²) in [6, 6.07) is 8.37. The number of rotatable bonds is 8. The molecule has 1 aromatic carbocycles. The van der Waals surface area contributed by atoms with Crippen molar-refractivity contribution in [3.05, 3.63) is 52.2 Å². The molecule has 3 amide bonds. The zero-order chi connectivity index (χ0) is 21.7.